The number of benzene rings is 9. The van der Waals surface area contributed by atoms with Gasteiger partial charge in [0, 0.05) is 31.8 Å². The first kappa shape index (κ1) is 30.8. The van der Waals surface area contributed by atoms with Crippen LogP contribution in [0.4, 0.5) is 0 Å². The highest BCUT2D eigenvalue weighted by Gasteiger charge is 2.26. The first-order valence-corrected chi connectivity index (χ1v) is 20.6. The highest BCUT2D eigenvalue weighted by Crippen LogP contribution is 2.50. The third-order valence-electron chi connectivity index (χ3n) is 12.7. The highest BCUT2D eigenvalue weighted by atomic mass is 32.1. The van der Waals surface area contributed by atoms with Crippen molar-refractivity contribution >= 4 is 118 Å². The van der Waals surface area contributed by atoms with E-state index in [-0.39, 0.29) is 0 Å². The van der Waals surface area contributed by atoms with Crippen molar-refractivity contribution in [1.29, 1.82) is 0 Å². The molecule has 266 valence electrons. The minimum Gasteiger partial charge on any atom is -0.278 e. The summed E-state index contributed by atoms with van der Waals surface area (Å²) in [5.41, 5.74) is 7.67. The van der Waals surface area contributed by atoms with Crippen LogP contribution in [0.15, 0.2) is 176 Å². The molecule has 0 aliphatic rings. The number of fused-ring (bicyclic) bond motifs is 10. The Bertz CT molecular complexity index is 4020. The minimum atomic E-state index is 0.686. The van der Waals surface area contributed by atoms with Crippen LogP contribution in [0.1, 0.15) is 0 Å². The number of hydrogen-bond donors (Lipinski definition) is 0. The van der Waals surface area contributed by atoms with Crippen molar-refractivity contribution in [1.82, 2.24) is 14.5 Å². The Hall–Kier alpha value is -7.40. The molecule has 58 heavy (non-hydrogen) atoms. The first-order chi connectivity index (χ1) is 28.8. The Labute approximate surface area is 335 Å². The molecule has 0 saturated carbocycles. The summed E-state index contributed by atoms with van der Waals surface area (Å²) in [5, 5.41) is 19.0. The van der Waals surface area contributed by atoms with E-state index in [1.807, 2.05) is 0 Å². The Balaban J connectivity index is 1.12. The Morgan fingerprint density at radius 3 is 1.74 bits per heavy atom. The highest BCUT2D eigenvalue weighted by molar-refractivity contribution is 7.26. The second-order valence-corrected chi connectivity index (χ2v) is 16.7. The molecule has 0 saturated heterocycles. The van der Waals surface area contributed by atoms with Gasteiger partial charge < -0.3 is 0 Å². The van der Waals surface area contributed by atoms with Gasteiger partial charge in [-0.05, 0) is 88.6 Å². The van der Waals surface area contributed by atoms with Gasteiger partial charge in [0.05, 0.1) is 26.9 Å². The fourth-order valence-electron chi connectivity index (χ4n) is 10.3. The van der Waals surface area contributed by atoms with Gasteiger partial charge in [-0.1, -0.05) is 158 Å². The summed E-state index contributed by atoms with van der Waals surface area (Å²) in [6.45, 7) is 0. The second kappa shape index (κ2) is 11.1. The molecule has 14 rings (SSSR count). The Morgan fingerprint density at radius 2 is 0.966 bits per heavy atom. The van der Waals surface area contributed by atoms with Crippen molar-refractivity contribution in [3.8, 4) is 28.3 Å². The lowest BCUT2D eigenvalue weighted by molar-refractivity contribution is 1.02. The van der Waals surface area contributed by atoms with E-state index in [0.717, 1.165) is 37.9 Å². The maximum absolute atomic E-state index is 5.63. The Morgan fingerprint density at radius 1 is 0.379 bits per heavy atom. The topological polar surface area (TPSA) is 30.7 Å². The van der Waals surface area contributed by atoms with Gasteiger partial charge in [-0.25, -0.2) is 9.97 Å². The molecule has 14 aromatic rings. The zero-order chi connectivity index (χ0) is 37.6. The molecule has 0 aliphatic carbocycles. The predicted octanol–water partition coefficient (Wildman–Crippen LogP) is 15.1. The van der Waals surface area contributed by atoms with E-state index in [2.05, 4.69) is 180 Å². The van der Waals surface area contributed by atoms with Crippen molar-refractivity contribution in [2.45, 2.75) is 0 Å². The van der Waals surface area contributed by atoms with E-state index in [0.29, 0.717) is 5.95 Å². The van der Waals surface area contributed by atoms with Crippen LogP contribution in [-0.4, -0.2) is 14.5 Å². The zero-order valence-corrected chi connectivity index (χ0v) is 31.8. The number of hydrogen-bond acceptors (Lipinski definition) is 3. The lowest BCUT2D eigenvalue weighted by atomic mass is 9.97. The molecule has 0 spiro atoms. The number of aromatic nitrogens is 3. The molecule has 0 bridgehead atoms. The lowest BCUT2D eigenvalue weighted by Crippen LogP contribution is -2.03. The summed E-state index contributed by atoms with van der Waals surface area (Å²) in [4.78, 5) is 11.2. The monoisotopic (exact) mass is 751 g/mol. The largest absolute Gasteiger partial charge is 0.278 e. The quantitative estimate of drug-likeness (QED) is 0.180. The average molecular weight is 752 g/mol. The van der Waals surface area contributed by atoms with Crippen LogP contribution in [-0.2, 0) is 0 Å². The fraction of sp³-hybridized carbons (Fsp3) is 0. The fourth-order valence-corrected chi connectivity index (χ4v) is 11.4. The molecule has 3 heterocycles. The van der Waals surface area contributed by atoms with Crippen LogP contribution in [0.2, 0.25) is 0 Å². The summed E-state index contributed by atoms with van der Waals surface area (Å²) in [5.74, 6) is 0.686. The van der Waals surface area contributed by atoms with E-state index >= 15 is 0 Å². The SMILES string of the molecule is c1ccc2c(-c3ccc(-c4nc(-n5c6cccc7c8ccccc8c8ccc9c%10ccccc%10c%10cc5c(c8c9%10)c76)nc5c4sc4ccccc45)cc3)cccc2c1. The first-order valence-electron chi connectivity index (χ1n) is 19.8. The summed E-state index contributed by atoms with van der Waals surface area (Å²) in [6.07, 6.45) is 0. The minimum absolute atomic E-state index is 0.686. The van der Waals surface area contributed by atoms with Gasteiger partial charge in [0.25, 0.3) is 0 Å². The molecule has 0 N–H and O–H groups in total. The predicted molar refractivity (Wildman–Crippen MR) is 248 cm³/mol. The van der Waals surface area contributed by atoms with Crippen molar-refractivity contribution in [3.05, 3.63) is 176 Å². The summed E-state index contributed by atoms with van der Waals surface area (Å²) in [6, 6.07) is 64.5. The second-order valence-electron chi connectivity index (χ2n) is 15.6. The molecule has 0 amide bonds. The number of rotatable bonds is 3. The molecule has 0 aliphatic heterocycles. The Kier molecular flexibility index (Phi) is 5.91. The van der Waals surface area contributed by atoms with Gasteiger partial charge in [0.2, 0.25) is 5.95 Å². The summed E-state index contributed by atoms with van der Waals surface area (Å²) < 4.78 is 4.67. The van der Waals surface area contributed by atoms with E-state index in [1.54, 1.807) is 11.3 Å². The van der Waals surface area contributed by atoms with Crippen LogP contribution < -0.4 is 0 Å². The van der Waals surface area contributed by atoms with Crippen molar-refractivity contribution in [3.63, 3.8) is 0 Å². The zero-order valence-electron chi connectivity index (χ0n) is 31.0. The van der Waals surface area contributed by atoms with Gasteiger partial charge in [0.1, 0.15) is 0 Å². The van der Waals surface area contributed by atoms with Gasteiger partial charge in [-0.15, -0.1) is 11.3 Å². The normalized spacial score (nSPS) is 12.5. The number of thiophene rings is 1. The lowest BCUT2D eigenvalue weighted by Gasteiger charge is -2.12. The van der Waals surface area contributed by atoms with E-state index in [9.17, 15) is 0 Å². The average Bonchev–Trinajstić information content (AvgIpc) is 3.91. The van der Waals surface area contributed by atoms with E-state index in [4.69, 9.17) is 9.97 Å². The van der Waals surface area contributed by atoms with Crippen molar-refractivity contribution in [2.24, 2.45) is 0 Å². The van der Waals surface area contributed by atoms with Gasteiger partial charge in [-0.2, -0.15) is 0 Å². The van der Waals surface area contributed by atoms with Crippen molar-refractivity contribution in [2.75, 3.05) is 0 Å². The maximum atomic E-state index is 5.63. The standard InChI is InChI=1S/C54H29N3S/c1-2-13-33-30(11-1)12-9-19-34(33)31-23-25-32(26-24-31)51-53-52(42-18-7-8-22-46(42)58-53)56-54(55-51)57-44-21-10-20-39-35-14-3-4-15-36(35)41-28-27-40-37-16-5-6-17-38(37)43-29-45(57)50(48(39)44)49(41)47(40)43/h1-29H. The molecule has 3 nitrogen and oxygen atoms in total. The molecule has 3 aromatic heterocycles. The molecule has 0 unspecified atom stereocenters. The molecular weight excluding hydrogens is 723 g/mol. The van der Waals surface area contributed by atoms with Crippen molar-refractivity contribution < 1.29 is 0 Å². The third-order valence-corrected chi connectivity index (χ3v) is 13.9. The van der Waals surface area contributed by atoms with Crippen LogP contribution in [0.3, 0.4) is 0 Å². The third kappa shape index (κ3) is 3.92. The van der Waals surface area contributed by atoms with Crippen LogP contribution in [0.5, 0.6) is 0 Å². The van der Waals surface area contributed by atoms with Gasteiger partial charge >= 0.3 is 0 Å². The molecule has 0 radical (unpaired) electrons. The molecule has 4 heteroatoms. The summed E-state index contributed by atoms with van der Waals surface area (Å²) in [7, 11) is 0. The number of nitrogens with zero attached hydrogens (tertiary/aromatic N) is 3. The maximum Gasteiger partial charge on any atom is 0.235 e. The molecule has 11 aromatic carbocycles. The van der Waals surface area contributed by atoms with E-state index in [1.165, 1.54) is 91.2 Å². The van der Waals surface area contributed by atoms with Gasteiger partial charge in [-0.3, -0.25) is 4.57 Å². The van der Waals surface area contributed by atoms with Crippen LogP contribution >= 0.6 is 11.3 Å². The smallest absolute Gasteiger partial charge is 0.235 e. The molecule has 0 fully saturated rings. The van der Waals surface area contributed by atoms with Gasteiger partial charge in [0.15, 0.2) is 0 Å². The summed E-state index contributed by atoms with van der Waals surface area (Å²) >= 11 is 1.78. The molecular formula is C54H29N3S. The molecule has 0 atom stereocenters. The van der Waals surface area contributed by atoms with Crippen LogP contribution in [0.25, 0.3) is 135 Å². The van der Waals surface area contributed by atoms with Crippen LogP contribution in [0, 0.1) is 0 Å². The van der Waals surface area contributed by atoms with E-state index < -0.39 is 0 Å².